The molecule has 1 aliphatic heterocycles. The van der Waals surface area contributed by atoms with E-state index < -0.39 is 0 Å². The van der Waals surface area contributed by atoms with Crippen LogP contribution in [0.5, 0.6) is 0 Å². The summed E-state index contributed by atoms with van der Waals surface area (Å²) < 4.78 is 0. The Morgan fingerprint density at radius 2 is 2.46 bits per heavy atom. The molecule has 2 nitrogen and oxygen atoms in total. The number of aliphatic hydroxyl groups is 1. The second-order valence-electron chi connectivity index (χ2n) is 3.32. The topological polar surface area (TPSA) is 32.3 Å². The monoisotopic (exact) mass is 195 g/mol. The molecular weight excluding hydrogens is 182 g/mol. The molecule has 0 aliphatic carbocycles. The molecule has 0 aromatic carbocycles. The number of hydrogen-bond donors (Lipinski definition) is 2. The number of aryl methyl sites for hydroxylation is 1. The van der Waals surface area contributed by atoms with Crippen LogP contribution in [0.3, 0.4) is 0 Å². The molecule has 0 unspecified atom stereocenters. The van der Waals surface area contributed by atoms with Crippen LogP contribution >= 0.6 is 11.3 Å². The van der Waals surface area contributed by atoms with Gasteiger partial charge in [-0.1, -0.05) is 6.08 Å². The Balaban J connectivity index is 2.29. The Hall–Kier alpha value is -0.640. The maximum Gasteiger partial charge on any atom is 0.0925 e. The summed E-state index contributed by atoms with van der Waals surface area (Å²) in [7, 11) is 0. The van der Waals surface area contributed by atoms with Gasteiger partial charge in [-0.2, -0.15) is 0 Å². The van der Waals surface area contributed by atoms with Gasteiger partial charge in [-0.15, -0.1) is 11.3 Å². The van der Waals surface area contributed by atoms with Gasteiger partial charge in [0, 0.05) is 18.0 Å². The van der Waals surface area contributed by atoms with Crippen molar-refractivity contribution in [3.63, 3.8) is 0 Å². The molecule has 1 atom stereocenters. The molecule has 2 heterocycles. The third kappa shape index (κ3) is 1.82. The molecule has 0 bridgehead atoms. The van der Waals surface area contributed by atoms with Gasteiger partial charge in [0.1, 0.15) is 0 Å². The van der Waals surface area contributed by atoms with Gasteiger partial charge in [-0.05, 0) is 29.5 Å². The van der Waals surface area contributed by atoms with Gasteiger partial charge in [0.25, 0.3) is 0 Å². The van der Waals surface area contributed by atoms with Crippen LogP contribution in [0.25, 0.3) is 5.57 Å². The molecule has 0 amide bonds. The minimum absolute atomic E-state index is 0.341. The lowest BCUT2D eigenvalue weighted by molar-refractivity contribution is 0.225. The maximum absolute atomic E-state index is 9.71. The van der Waals surface area contributed by atoms with E-state index in [1.807, 2.05) is 0 Å². The second kappa shape index (κ2) is 3.62. The van der Waals surface area contributed by atoms with Gasteiger partial charge < -0.3 is 10.4 Å². The van der Waals surface area contributed by atoms with Crippen LogP contribution in [-0.2, 0) is 0 Å². The average Bonchev–Trinajstić information content (AvgIpc) is 2.53. The highest BCUT2D eigenvalue weighted by Gasteiger charge is 2.16. The number of rotatable bonds is 1. The predicted molar refractivity (Wildman–Crippen MR) is 55.9 cm³/mol. The van der Waals surface area contributed by atoms with Gasteiger partial charge in [-0.3, -0.25) is 0 Å². The van der Waals surface area contributed by atoms with E-state index in [4.69, 9.17) is 0 Å². The maximum atomic E-state index is 9.71. The van der Waals surface area contributed by atoms with E-state index in [-0.39, 0.29) is 6.10 Å². The van der Waals surface area contributed by atoms with E-state index in [1.54, 1.807) is 11.3 Å². The van der Waals surface area contributed by atoms with Crippen LogP contribution in [-0.4, -0.2) is 24.3 Å². The molecule has 1 aromatic heterocycles. The molecule has 3 heteroatoms. The first kappa shape index (κ1) is 8.94. The molecule has 70 valence electrons. The van der Waals surface area contributed by atoms with Crippen LogP contribution in [0, 0.1) is 6.92 Å². The highest BCUT2D eigenvalue weighted by molar-refractivity contribution is 7.11. The molecule has 0 saturated heterocycles. The molecule has 2 N–H and O–H groups in total. The van der Waals surface area contributed by atoms with Crippen molar-refractivity contribution in [3.05, 3.63) is 28.0 Å². The average molecular weight is 195 g/mol. The fraction of sp³-hybridized carbons (Fsp3) is 0.400. The number of β-amino-alcohol motifs (C(OH)–C–C–N with tert-alkyl or cyclic N) is 1. The molecule has 0 fully saturated rings. The van der Waals surface area contributed by atoms with Crippen LogP contribution in [0.15, 0.2) is 17.5 Å². The minimum atomic E-state index is -0.341. The molecular formula is C10H13NOS. The Morgan fingerprint density at radius 3 is 3.08 bits per heavy atom. The van der Waals surface area contributed by atoms with Crippen LogP contribution in [0.2, 0.25) is 0 Å². The lowest BCUT2D eigenvalue weighted by atomic mass is 10.0. The van der Waals surface area contributed by atoms with E-state index in [1.165, 1.54) is 10.4 Å². The van der Waals surface area contributed by atoms with Crippen molar-refractivity contribution >= 4 is 16.9 Å². The van der Waals surface area contributed by atoms with Crippen LogP contribution in [0.1, 0.15) is 10.4 Å². The highest BCUT2D eigenvalue weighted by Crippen LogP contribution is 2.26. The molecule has 0 spiro atoms. The molecule has 2 rings (SSSR count). The van der Waals surface area contributed by atoms with Gasteiger partial charge in [-0.25, -0.2) is 0 Å². The first-order valence-electron chi connectivity index (χ1n) is 4.42. The fourth-order valence-corrected chi connectivity index (χ4v) is 2.49. The Bertz CT molecular complexity index is 329. The normalized spacial score (nSPS) is 22.9. The predicted octanol–water partition coefficient (Wildman–Crippen LogP) is 1.40. The van der Waals surface area contributed by atoms with Gasteiger partial charge >= 0.3 is 0 Å². The van der Waals surface area contributed by atoms with E-state index in [0.717, 1.165) is 12.1 Å². The molecule has 1 aliphatic rings. The van der Waals surface area contributed by atoms with E-state index in [9.17, 15) is 5.11 Å². The summed E-state index contributed by atoms with van der Waals surface area (Å²) >= 11 is 1.70. The second-order valence-corrected chi connectivity index (χ2v) is 4.23. The summed E-state index contributed by atoms with van der Waals surface area (Å²) in [5.41, 5.74) is 2.35. The summed E-state index contributed by atoms with van der Waals surface area (Å²) in [5.74, 6) is 0. The number of aliphatic hydroxyl groups excluding tert-OH is 1. The zero-order valence-electron chi connectivity index (χ0n) is 7.58. The Labute approximate surface area is 81.9 Å². The summed E-state index contributed by atoms with van der Waals surface area (Å²) in [6, 6.07) is 2.13. The highest BCUT2D eigenvalue weighted by atomic mass is 32.1. The summed E-state index contributed by atoms with van der Waals surface area (Å²) in [6.45, 7) is 3.61. The summed E-state index contributed by atoms with van der Waals surface area (Å²) in [5, 5.41) is 14.9. The molecule has 13 heavy (non-hydrogen) atoms. The summed E-state index contributed by atoms with van der Waals surface area (Å²) in [4.78, 5) is 1.20. The lowest BCUT2D eigenvalue weighted by Crippen LogP contribution is -2.32. The molecule has 0 saturated carbocycles. The van der Waals surface area contributed by atoms with Crippen molar-refractivity contribution in [2.75, 3.05) is 13.1 Å². The Morgan fingerprint density at radius 1 is 1.62 bits per heavy atom. The van der Waals surface area contributed by atoms with Crippen molar-refractivity contribution in [3.8, 4) is 0 Å². The fourth-order valence-electron chi connectivity index (χ4n) is 1.50. The largest absolute Gasteiger partial charge is 0.387 e. The van der Waals surface area contributed by atoms with Crippen molar-refractivity contribution in [2.45, 2.75) is 13.0 Å². The molecule has 1 aromatic rings. The minimum Gasteiger partial charge on any atom is -0.387 e. The first-order chi connectivity index (χ1) is 6.27. The van der Waals surface area contributed by atoms with E-state index in [0.29, 0.717) is 6.54 Å². The number of nitrogens with one attached hydrogen (secondary N) is 1. The van der Waals surface area contributed by atoms with Gasteiger partial charge in [0.2, 0.25) is 0 Å². The Kier molecular flexibility index (Phi) is 2.49. The zero-order chi connectivity index (χ0) is 9.26. The van der Waals surface area contributed by atoms with Crippen molar-refractivity contribution in [1.82, 2.24) is 5.32 Å². The third-order valence-corrected chi connectivity index (χ3v) is 3.28. The zero-order valence-corrected chi connectivity index (χ0v) is 8.40. The van der Waals surface area contributed by atoms with Crippen LogP contribution in [0.4, 0.5) is 0 Å². The quantitative estimate of drug-likeness (QED) is 0.710. The lowest BCUT2D eigenvalue weighted by Gasteiger charge is -2.19. The SMILES string of the molecule is Cc1csc(C2=CCNC[C@@H]2O)c1. The van der Waals surface area contributed by atoms with Crippen molar-refractivity contribution in [1.29, 1.82) is 0 Å². The van der Waals surface area contributed by atoms with E-state index in [2.05, 4.69) is 29.8 Å². The van der Waals surface area contributed by atoms with Crippen LogP contribution < -0.4 is 5.32 Å². The third-order valence-electron chi connectivity index (χ3n) is 2.18. The summed E-state index contributed by atoms with van der Waals surface area (Å²) in [6.07, 6.45) is 1.73. The first-order valence-corrected chi connectivity index (χ1v) is 5.29. The smallest absolute Gasteiger partial charge is 0.0925 e. The standard InChI is InChI=1S/C10H13NOS/c1-7-4-10(13-6-7)8-2-3-11-5-9(8)12/h2,4,6,9,11-12H,3,5H2,1H3/t9-/m0/s1. The van der Waals surface area contributed by atoms with Gasteiger partial charge in [0.05, 0.1) is 6.10 Å². The van der Waals surface area contributed by atoms with Gasteiger partial charge in [0.15, 0.2) is 0 Å². The molecule has 0 radical (unpaired) electrons. The number of thiophene rings is 1. The van der Waals surface area contributed by atoms with Crippen molar-refractivity contribution in [2.24, 2.45) is 0 Å². The number of hydrogen-bond acceptors (Lipinski definition) is 3. The van der Waals surface area contributed by atoms with E-state index >= 15 is 0 Å². The van der Waals surface area contributed by atoms with Crippen molar-refractivity contribution < 1.29 is 5.11 Å².